The Morgan fingerprint density at radius 2 is 2.12 bits per heavy atom. The topological polar surface area (TPSA) is 69.7 Å². The van der Waals surface area contributed by atoms with Crippen molar-refractivity contribution in [1.82, 2.24) is 15.1 Å². The van der Waals surface area contributed by atoms with E-state index in [0.29, 0.717) is 24.7 Å². The van der Waals surface area contributed by atoms with Crippen molar-refractivity contribution in [2.45, 2.75) is 17.7 Å². The van der Waals surface area contributed by atoms with Crippen LogP contribution in [0.3, 0.4) is 0 Å². The van der Waals surface area contributed by atoms with Gasteiger partial charge in [-0.15, -0.1) is 12.4 Å². The number of hydrogen-bond acceptors (Lipinski definition) is 4. The fourth-order valence-corrected chi connectivity index (χ4v) is 4.88. The number of sulfone groups is 1. The molecule has 0 aromatic heterocycles. The van der Waals surface area contributed by atoms with E-state index in [2.05, 4.69) is 5.32 Å². The van der Waals surface area contributed by atoms with Gasteiger partial charge in [0, 0.05) is 31.2 Å². The highest BCUT2D eigenvalue weighted by Crippen LogP contribution is 2.23. The van der Waals surface area contributed by atoms with Gasteiger partial charge in [-0.3, -0.25) is 0 Å². The number of halogens is 2. The summed E-state index contributed by atoms with van der Waals surface area (Å²) < 4.78 is 25.2. The van der Waals surface area contributed by atoms with Crippen LogP contribution in [-0.4, -0.2) is 70.3 Å². The van der Waals surface area contributed by atoms with Crippen LogP contribution in [0, 0.1) is 5.92 Å². The van der Waals surface area contributed by atoms with Crippen molar-refractivity contribution < 1.29 is 13.2 Å². The van der Waals surface area contributed by atoms with Crippen LogP contribution in [0.1, 0.15) is 12.8 Å². The van der Waals surface area contributed by atoms with Crippen LogP contribution in [0.15, 0.2) is 29.2 Å². The van der Waals surface area contributed by atoms with Gasteiger partial charge < -0.3 is 15.1 Å². The second-order valence-electron chi connectivity index (χ2n) is 6.73. The molecule has 1 aliphatic rings. The van der Waals surface area contributed by atoms with Crippen molar-refractivity contribution >= 4 is 39.9 Å². The third-order valence-electron chi connectivity index (χ3n) is 4.25. The highest BCUT2D eigenvalue weighted by atomic mass is 35.5. The van der Waals surface area contributed by atoms with Crippen molar-refractivity contribution in [2.75, 3.05) is 46.0 Å². The van der Waals surface area contributed by atoms with E-state index in [1.807, 2.05) is 19.0 Å². The fraction of sp³-hybridized carbons (Fsp3) is 0.588. The molecular weight excluding hydrogens is 397 g/mol. The zero-order valence-electron chi connectivity index (χ0n) is 15.2. The molecule has 1 atom stereocenters. The summed E-state index contributed by atoms with van der Waals surface area (Å²) in [7, 11) is 0.487. The van der Waals surface area contributed by atoms with Crippen molar-refractivity contribution in [3.63, 3.8) is 0 Å². The number of benzene rings is 1. The summed E-state index contributed by atoms with van der Waals surface area (Å²) in [5.41, 5.74) is 0. The molecule has 1 fully saturated rings. The Morgan fingerprint density at radius 1 is 1.38 bits per heavy atom. The van der Waals surface area contributed by atoms with E-state index in [1.54, 1.807) is 23.1 Å². The molecule has 0 aliphatic carbocycles. The third-order valence-corrected chi connectivity index (χ3v) is 6.37. The molecule has 148 valence electrons. The molecule has 1 N–H and O–H groups in total. The third kappa shape index (κ3) is 6.95. The minimum absolute atomic E-state index is 0. The summed E-state index contributed by atoms with van der Waals surface area (Å²) in [5, 5.41) is 3.29. The molecule has 1 aromatic rings. The Balaban J connectivity index is 0.00000338. The van der Waals surface area contributed by atoms with Crippen LogP contribution in [-0.2, 0) is 9.84 Å². The SMILES string of the molecule is CN(C)CCNC(=O)N1CCCC(CS(=O)(=O)c2cccc(Cl)c2)C1.Cl. The summed E-state index contributed by atoms with van der Waals surface area (Å²) in [6.45, 7) is 2.48. The summed E-state index contributed by atoms with van der Waals surface area (Å²) in [5.74, 6) is -0.0215. The molecular formula is C17H27Cl2N3O3S. The van der Waals surface area contributed by atoms with Crippen molar-refractivity contribution in [2.24, 2.45) is 5.92 Å². The lowest BCUT2D eigenvalue weighted by atomic mass is 10.0. The number of piperidine rings is 1. The number of rotatable bonds is 6. The lowest BCUT2D eigenvalue weighted by molar-refractivity contribution is 0.169. The molecule has 0 saturated carbocycles. The molecule has 1 unspecified atom stereocenters. The normalized spacial score (nSPS) is 17.7. The first-order valence-corrected chi connectivity index (χ1v) is 10.5. The number of likely N-dealkylation sites (N-methyl/N-ethyl adjacent to an activating group) is 1. The van der Waals surface area contributed by atoms with Gasteiger partial charge in [-0.1, -0.05) is 17.7 Å². The number of carbonyl (C=O) groups excluding carboxylic acids is 1. The van der Waals surface area contributed by atoms with Gasteiger partial charge in [0.15, 0.2) is 9.84 Å². The lowest BCUT2D eigenvalue weighted by Gasteiger charge is -2.32. The summed E-state index contributed by atoms with van der Waals surface area (Å²) >= 11 is 5.90. The molecule has 0 radical (unpaired) electrons. The maximum absolute atomic E-state index is 12.6. The van der Waals surface area contributed by atoms with Crippen LogP contribution >= 0.6 is 24.0 Å². The molecule has 6 nitrogen and oxygen atoms in total. The molecule has 26 heavy (non-hydrogen) atoms. The molecule has 0 spiro atoms. The lowest BCUT2D eigenvalue weighted by Crippen LogP contribution is -2.47. The first-order valence-electron chi connectivity index (χ1n) is 8.44. The maximum atomic E-state index is 12.6. The van der Waals surface area contributed by atoms with Gasteiger partial charge in [0.25, 0.3) is 0 Å². The van der Waals surface area contributed by atoms with Crippen LogP contribution in [0.5, 0.6) is 0 Å². The summed E-state index contributed by atoms with van der Waals surface area (Å²) in [6.07, 6.45) is 1.62. The van der Waals surface area contributed by atoms with Crippen LogP contribution in [0.4, 0.5) is 4.79 Å². The standard InChI is InChI=1S/C17H26ClN3O3S.ClH/c1-20(2)10-8-19-17(22)21-9-4-5-14(12-21)13-25(23,24)16-7-3-6-15(18)11-16;/h3,6-7,11,14H,4-5,8-10,12-13H2,1-2H3,(H,19,22);1H. The number of likely N-dealkylation sites (tertiary alicyclic amines) is 1. The van der Waals surface area contributed by atoms with E-state index in [1.165, 1.54) is 6.07 Å². The second-order valence-corrected chi connectivity index (χ2v) is 9.20. The quantitative estimate of drug-likeness (QED) is 0.762. The minimum atomic E-state index is -3.41. The number of amides is 2. The van der Waals surface area contributed by atoms with E-state index in [-0.39, 0.29) is 35.0 Å². The number of hydrogen-bond donors (Lipinski definition) is 1. The summed E-state index contributed by atoms with van der Waals surface area (Å²) in [6, 6.07) is 6.22. The average molecular weight is 424 g/mol. The Hall–Kier alpha value is -1.02. The molecule has 2 rings (SSSR count). The largest absolute Gasteiger partial charge is 0.337 e. The van der Waals surface area contributed by atoms with Crippen molar-refractivity contribution in [1.29, 1.82) is 0 Å². The first-order chi connectivity index (χ1) is 11.8. The second kappa shape index (κ2) is 10.3. The monoisotopic (exact) mass is 423 g/mol. The maximum Gasteiger partial charge on any atom is 0.317 e. The minimum Gasteiger partial charge on any atom is -0.337 e. The molecule has 1 heterocycles. The number of urea groups is 1. The van der Waals surface area contributed by atoms with Gasteiger partial charge in [0.2, 0.25) is 0 Å². The molecule has 1 saturated heterocycles. The van der Waals surface area contributed by atoms with E-state index >= 15 is 0 Å². The summed E-state index contributed by atoms with van der Waals surface area (Å²) in [4.78, 5) is 16.2. The van der Waals surface area contributed by atoms with Crippen molar-refractivity contribution in [3.8, 4) is 0 Å². The van der Waals surface area contributed by atoms with E-state index < -0.39 is 9.84 Å². The predicted molar refractivity (Wildman–Crippen MR) is 107 cm³/mol. The van der Waals surface area contributed by atoms with Gasteiger partial charge >= 0.3 is 6.03 Å². The smallest absolute Gasteiger partial charge is 0.317 e. The molecule has 9 heteroatoms. The van der Waals surface area contributed by atoms with Gasteiger partial charge in [0.05, 0.1) is 10.6 Å². The van der Waals surface area contributed by atoms with E-state index in [0.717, 1.165) is 19.4 Å². The molecule has 1 aromatic carbocycles. The fourth-order valence-electron chi connectivity index (χ4n) is 2.95. The Labute approximate surface area is 167 Å². The molecule has 0 bridgehead atoms. The first kappa shape index (κ1) is 23.0. The van der Waals surface area contributed by atoms with Crippen LogP contribution in [0.2, 0.25) is 5.02 Å². The Bertz CT molecular complexity index is 698. The highest BCUT2D eigenvalue weighted by Gasteiger charge is 2.28. The number of nitrogens with zero attached hydrogens (tertiary/aromatic N) is 2. The Morgan fingerprint density at radius 3 is 2.77 bits per heavy atom. The Kier molecular flexibility index (Phi) is 9.16. The average Bonchev–Trinajstić information content (AvgIpc) is 2.54. The molecule has 2 amide bonds. The zero-order chi connectivity index (χ0) is 18.4. The van der Waals surface area contributed by atoms with Gasteiger partial charge in [-0.05, 0) is 51.1 Å². The van der Waals surface area contributed by atoms with Gasteiger partial charge in [-0.2, -0.15) is 0 Å². The number of carbonyl (C=O) groups is 1. The van der Waals surface area contributed by atoms with Crippen LogP contribution < -0.4 is 5.32 Å². The van der Waals surface area contributed by atoms with E-state index in [9.17, 15) is 13.2 Å². The van der Waals surface area contributed by atoms with E-state index in [4.69, 9.17) is 11.6 Å². The predicted octanol–water partition coefficient (Wildman–Crippen LogP) is 2.52. The van der Waals surface area contributed by atoms with Crippen LogP contribution in [0.25, 0.3) is 0 Å². The van der Waals surface area contributed by atoms with Crippen molar-refractivity contribution in [3.05, 3.63) is 29.3 Å². The highest BCUT2D eigenvalue weighted by molar-refractivity contribution is 7.91. The van der Waals surface area contributed by atoms with Gasteiger partial charge in [0.1, 0.15) is 0 Å². The zero-order valence-corrected chi connectivity index (χ0v) is 17.5. The number of nitrogens with one attached hydrogen (secondary N) is 1. The molecule has 1 aliphatic heterocycles. The van der Waals surface area contributed by atoms with Gasteiger partial charge in [-0.25, -0.2) is 13.2 Å².